The summed E-state index contributed by atoms with van der Waals surface area (Å²) >= 11 is 0. The highest BCUT2D eigenvalue weighted by atomic mass is 15.0. The molecule has 0 aliphatic rings. The molecule has 2 heteroatoms. The molecular formula is C15H20N2. The van der Waals surface area contributed by atoms with E-state index in [1.165, 1.54) is 28.8 Å². The molecule has 17 heavy (non-hydrogen) atoms. The van der Waals surface area contributed by atoms with Crippen molar-refractivity contribution in [1.82, 2.24) is 9.55 Å². The molecule has 0 amide bonds. The van der Waals surface area contributed by atoms with Crippen molar-refractivity contribution in [3.05, 3.63) is 53.1 Å². The molecule has 1 heterocycles. The molecule has 0 spiro atoms. The van der Waals surface area contributed by atoms with Crippen molar-refractivity contribution in [2.45, 2.75) is 33.1 Å². The molecule has 0 aliphatic carbocycles. The van der Waals surface area contributed by atoms with E-state index in [0.29, 0.717) is 0 Å². The molecule has 0 saturated carbocycles. The van der Waals surface area contributed by atoms with E-state index in [1.54, 1.807) is 0 Å². The third-order valence-electron chi connectivity index (χ3n) is 3.42. The van der Waals surface area contributed by atoms with Gasteiger partial charge in [0.15, 0.2) is 0 Å². The molecular weight excluding hydrogens is 208 g/mol. The first-order chi connectivity index (χ1) is 8.18. The first-order valence-corrected chi connectivity index (χ1v) is 6.19. The van der Waals surface area contributed by atoms with Gasteiger partial charge in [-0.05, 0) is 49.8 Å². The molecule has 0 saturated heterocycles. The van der Waals surface area contributed by atoms with Gasteiger partial charge in [-0.2, -0.15) is 0 Å². The van der Waals surface area contributed by atoms with Gasteiger partial charge in [-0.1, -0.05) is 18.2 Å². The number of rotatable bonds is 4. The Bertz CT molecular complexity index is 477. The zero-order valence-corrected chi connectivity index (χ0v) is 10.9. The predicted molar refractivity (Wildman–Crippen MR) is 71.1 cm³/mol. The minimum absolute atomic E-state index is 1.10. The lowest BCUT2D eigenvalue weighted by Crippen LogP contribution is -1.99. The molecule has 1 aromatic heterocycles. The number of benzene rings is 1. The molecule has 90 valence electrons. The predicted octanol–water partition coefficient (Wildman–Crippen LogP) is 3.21. The highest BCUT2D eigenvalue weighted by Crippen LogP contribution is 2.16. The number of aromatic nitrogens is 2. The van der Waals surface area contributed by atoms with Crippen molar-refractivity contribution in [3.8, 4) is 0 Å². The second-order valence-electron chi connectivity index (χ2n) is 4.72. The van der Waals surface area contributed by atoms with Gasteiger partial charge in [0, 0.05) is 18.9 Å². The van der Waals surface area contributed by atoms with Gasteiger partial charge in [0.05, 0.1) is 6.33 Å². The van der Waals surface area contributed by atoms with E-state index < -0.39 is 0 Å². The van der Waals surface area contributed by atoms with Gasteiger partial charge in [0.2, 0.25) is 0 Å². The molecule has 0 radical (unpaired) electrons. The Hall–Kier alpha value is -1.57. The van der Waals surface area contributed by atoms with Crippen LogP contribution in [0, 0.1) is 13.8 Å². The Kier molecular flexibility index (Phi) is 3.62. The third kappa shape index (κ3) is 2.76. The molecule has 0 N–H and O–H groups in total. The van der Waals surface area contributed by atoms with E-state index in [0.717, 1.165) is 12.8 Å². The first-order valence-electron chi connectivity index (χ1n) is 6.19. The van der Waals surface area contributed by atoms with Crippen LogP contribution in [0.1, 0.15) is 28.8 Å². The lowest BCUT2D eigenvalue weighted by Gasteiger charge is -2.09. The summed E-state index contributed by atoms with van der Waals surface area (Å²) in [4.78, 5) is 4.15. The third-order valence-corrected chi connectivity index (χ3v) is 3.42. The standard InChI is InChI=1S/C15H20N2/c1-12-6-4-7-13(2)15(12)9-5-8-14-10-16-11-17(14)3/h4,6-7,10-11H,5,8-9H2,1-3H3. The van der Waals surface area contributed by atoms with Crippen molar-refractivity contribution in [2.75, 3.05) is 0 Å². The van der Waals surface area contributed by atoms with Crippen LogP contribution < -0.4 is 0 Å². The molecule has 2 rings (SSSR count). The number of aryl methyl sites for hydroxylation is 4. The number of hydrogen-bond donors (Lipinski definition) is 0. The lowest BCUT2D eigenvalue weighted by atomic mass is 9.97. The summed E-state index contributed by atoms with van der Waals surface area (Å²) < 4.78 is 2.10. The Labute approximate surface area is 103 Å². The van der Waals surface area contributed by atoms with E-state index in [2.05, 4.69) is 48.6 Å². The van der Waals surface area contributed by atoms with Crippen LogP contribution in [0.25, 0.3) is 0 Å². The van der Waals surface area contributed by atoms with Crippen molar-refractivity contribution >= 4 is 0 Å². The van der Waals surface area contributed by atoms with E-state index in [-0.39, 0.29) is 0 Å². The summed E-state index contributed by atoms with van der Waals surface area (Å²) in [7, 11) is 2.06. The summed E-state index contributed by atoms with van der Waals surface area (Å²) in [6.45, 7) is 4.40. The Morgan fingerprint density at radius 3 is 2.41 bits per heavy atom. The SMILES string of the molecule is Cc1cccc(C)c1CCCc1cncn1C. The average molecular weight is 228 g/mol. The van der Waals surface area contributed by atoms with Gasteiger partial charge in [-0.3, -0.25) is 0 Å². The lowest BCUT2D eigenvalue weighted by molar-refractivity contribution is 0.743. The second-order valence-corrected chi connectivity index (χ2v) is 4.72. The van der Waals surface area contributed by atoms with Gasteiger partial charge in [-0.25, -0.2) is 4.98 Å². The fraction of sp³-hybridized carbons (Fsp3) is 0.400. The molecule has 0 atom stereocenters. The quantitative estimate of drug-likeness (QED) is 0.785. The molecule has 2 nitrogen and oxygen atoms in total. The largest absolute Gasteiger partial charge is 0.338 e. The van der Waals surface area contributed by atoms with Crippen molar-refractivity contribution in [1.29, 1.82) is 0 Å². The van der Waals surface area contributed by atoms with Crippen LogP contribution in [0.15, 0.2) is 30.7 Å². The van der Waals surface area contributed by atoms with Crippen LogP contribution in [0.3, 0.4) is 0 Å². The first kappa shape index (κ1) is 11.9. The van der Waals surface area contributed by atoms with Gasteiger partial charge in [0.1, 0.15) is 0 Å². The van der Waals surface area contributed by atoms with E-state index in [9.17, 15) is 0 Å². The minimum Gasteiger partial charge on any atom is -0.338 e. The average Bonchev–Trinajstić information content (AvgIpc) is 2.69. The molecule has 0 aliphatic heterocycles. The normalized spacial score (nSPS) is 10.8. The van der Waals surface area contributed by atoms with Gasteiger partial charge in [-0.15, -0.1) is 0 Å². The summed E-state index contributed by atoms with van der Waals surface area (Å²) in [6, 6.07) is 6.54. The van der Waals surface area contributed by atoms with E-state index in [1.807, 2.05) is 12.5 Å². The summed E-state index contributed by atoms with van der Waals surface area (Å²) in [6.07, 6.45) is 7.28. The highest BCUT2D eigenvalue weighted by molar-refractivity contribution is 5.33. The van der Waals surface area contributed by atoms with Gasteiger partial charge < -0.3 is 4.57 Å². The van der Waals surface area contributed by atoms with Crippen LogP contribution in [-0.4, -0.2) is 9.55 Å². The Morgan fingerprint density at radius 1 is 1.12 bits per heavy atom. The molecule has 0 unspecified atom stereocenters. The zero-order chi connectivity index (χ0) is 12.3. The van der Waals surface area contributed by atoms with Crippen molar-refractivity contribution < 1.29 is 0 Å². The maximum absolute atomic E-state index is 4.15. The maximum Gasteiger partial charge on any atom is 0.0945 e. The minimum atomic E-state index is 1.10. The van der Waals surface area contributed by atoms with Crippen LogP contribution >= 0.6 is 0 Å². The monoisotopic (exact) mass is 228 g/mol. The van der Waals surface area contributed by atoms with Gasteiger partial charge >= 0.3 is 0 Å². The molecule has 0 bridgehead atoms. The Morgan fingerprint density at radius 2 is 1.82 bits per heavy atom. The van der Waals surface area contributed by atoms with E-state index >= 15 is 0 Å². The zero-order valence-electron chi connectivity index (χ0n) is 10.9. The summed E-state index contributed by atoms with van der Waals surface area (Å²) in [5.74, 6) is 0. The topological polar surface area (TPSA) is 17.8 Å². The Balaban J connectivity index is 1.97. The number of hydrogen-bond acceptors (Lipinski definition) is 1. The molecule has 1 aromatic carbocycles. The van der Waals surface area contributed by atoms with Crippen molar-refractivity contribution in [2.24, 2.45) is 7.05 Å². The molecule has 0 fully saturated rings. The number of imidazole rings is 1. The summed E-state index contributed by atoms with van der Waals surface area (Å²) in [5.41, 5.74) is 5.65. The smallest absolute Gasteiger partial charge is 0.0945 e. The maximum atomic E-state index is 4.15. The van der Waals surface area contributed by atoms with Crippen LogP contribution in [0.2, 0.25) is 0 Å². The highest BCUT2D eigenvalue weighted by Gasteiger charge is 2.03. The number of nitrogens with zero attached hydrogens (tertiary/aromatic N) is 2. The van der Waals surface area contributed by atoms with Crippen LogP contribution in [-0.2, 0) is 19.9 Å². The van der Waals surface area contributed by atoms with Crippen molar-refractivity contribution in [3.63, 3.8) is 0 Å². The fourth-order valence-corrected chi connectivity index (χ4v) is 2.32. The van der Waals surface area contributed by atoms with Crippen LogP contribution in [0.4, 0.5) is 0 Å². The summed E-state index contributed by atoms with van der Waals surface area (Å²) in [5, 5.41) is 0. The van der Waals surface area contributed by atoms with E-state index in [4.69, 9.17) is 0 Å². The van der Waals surface area contributed by atoms with Crippen LogP contribution in [0.5, 0.6) is 0 Å². The fourth-order valence-electron chi connectivity index (χ4n) is 2.32. The molecule has 2 aromatic rings. The van der Waals surface area contributed by atoms with Gasteiger partial charge in [0.25, 0.3) is 0 Å². The second kappa shape index (κ2) is 5.17.